The molecule has 0 aliphatic carbocycles. The van der Waals surface area contributed by atoms with Gasteiger partial charge in [-0.05, 0) is 90.0 Å². The molecule has 2 N–H and O–H groups in total. The van der Waals surface area contributed by atoms with Gasteiger partial charge < -0.3 is 20.1 Å². The number of alkyl halides is 3. The van der Waals surface area contributed by atoms with Crippen molar-refractivity contribution in [3.05, 3.63) is 86.0 Å². The molecule has 0 fully saturated rings. The van der Waals surface area contributed by atoms with Crippen LogP contribution in [-0.2, 0) is 15.8 Å². The molecule has 0 atom stereocenters. The van der Waals surface area contributed by atoms with Gasteiger partial charge in [-0.25, -0.2) is 0 Å². The minimum absolute atomic E-state index is 0.106. The van der Waals surface area contributed by atoms with E-state index in [1.807, 2.05) is 54.6 Å². The van der Waals surface area contributed by atoms with E-state index in [2.05, 4.69) is 10.6 Å². The number of hydrogen-bond donors (Lipinski definition) is 2. The van der Waals surface area contributed by atoms with Crippen LogP contribution in [0, 0.1) is 28.7 Å². The number of rotatable bonds is 8. The third-order valence-electron chi connectivity index (χ3n) is 5.38. The molecule has 0 bridgehead atoms. The number of aryl methyl sites for hydroxylation is 2. The lowest BCUT2D eigenvalue weighted by Gasteiger charge is -2.14. The number of hydrogen-bond acceptors (Lipinski definition) is 5. The van der Waals surface area contributed by atoms with E-state index in [0.29, 0.717) is 14.8 Å². The third-order valence-corrected chi connectivity index (χ3v) is 6.18. The van der Waals surface area contributed by atoms with Gasteiger partial charge in [0.05, 0.1) is 16.2 Å². The summed E-state index contributed by atoms with van der Waals surface area (Å²) in [4.78, 5) is 25.1. The van der Waals surface area contributed by atoms with Crippen LogP contribution in [0.2, 0.25) is 0 Å². The second kappa shape index (κ2) is 12.7. The Morgan fingerprint density at radius 3 is 2.46 bits per heavy atom. The summed E-state index contributed by atoms with van der Waals surface area (Å²) in [6.07, 6.45) is -3.31. The lowest BCUT2D eigenvalue weighted by atomic mass is 10.1. The summed E-state index contributed by atoms with van der Waals surface area (Å²) < 4.78 is 50.5. The summed E-state index contributed by atoms with van der Waals surface area (Å²) in [6.45, 7) is 3.55. The van der Waals surface area contributed by atoms with Crippen molar-refractivity contribution in [3.8, 4) is 17.6 Å². The predicted molar refractivity (Wildman–Crippen MR) is 149 cm³/mol. The van der Waals surface area contributed by atoms with Crippen molar-refractivity contribution in [2.24, 2.45) is 0 Å². The number of benzene rings is 3. The monoisotopic (exact) mass is 649 g/mol. The zero-order valence-corrected chi connectivity index (χ0v) is 23.2. The number of anilines is 2. The predicted octanol–water partition coefficient (Wildman–Crippen LogP) is 6.50. The minimum atomic E-state index is -4.58. The summed E-state index contributed by atoms with van der Waals surface area (Å²) in [6, 6.07) is 14.6. The van der Waals surface area contributed by atoms with E-state index in [-0.39, 0.29) is 35.3 Å². The van der Waals surface area contributed by atoms with Crippen LogP contribution in [0.5, 0.6) is 11.5 Å². The molecule has 39 heavy (non-hydrogen) atoms. The molecule has 3 rings (SSSR count). The first-order chi connectivity index (χ1) is 18.4. The Bertz CT molecular complexity index is 1480. The average molecular weight is 649 g/mol. The Hall–Kier alpha value is -4.05. The molecule has 0 radical (unpaired) electrons. The van der Waals surface area contributed by atoms with Gasteiger partial charge in [0, 0.05) is 11.4 Å². The SMILES string of the molecule is COc1cc(/C=C(\C#N)C(=O)Nc2cccc(C(F)(F)F)c2)cc(I)c1OCC(=O)Nc1ccc(C)cc1C. The maximum absolute atomic E-state index is 13.0. The largest absolute Gasteiger partial charge is 0.493 e. The van der Waals surface area contributed by atoms with E-state index >= 15 is 0 Å². The van der Waals surface area contributed by atoms with Gasteiger partial charge in [0.15, 0.2) is 18.1 Å². The normalized spacial score (nSPS) is 11.4. The van der Waals surface area contributed by atoms with Gasteiger partial charge in [0.1, 0.15) is 11.6 Å². The van der Waals surface area contributed by atoms with E-state index in [1.165, 1.54) is 25.3 Å². The topological polar surface area (TPSA) is 100 Å². The van der Waals surface area contributed by atoms with E-state index in [9.17, 15) is 28.0 Å². The fourth-order valence-corrected chi connectivity index (χ4v) is 4.31. The zero-order chi connectivity index (χ0) is 28.7. The first-order valence-corrected chi connectivity index (χ1v) is 12.5. The highest BCUT2D eigenvalue weighted by Gasteiger charge is 2.30. The van der Waals surface area contributed by atoms with E-state index < -0.39 is 17.6 Å². The second-order valence-electron chi connectivity index (χ2n) is 8.39. The molecule has 3 aromatic carbocycles. The van der Waals surface area contributed by atoms with Crippen LogP contribution < -0.4 is 20.1 Å². The Kier molecular flexibility index (Phi) is 9.58. The van der Waals surface area contributed by atoms with Gasteiger partial charge in [-0.15, -0.1) is 0 Å². The van der Waals surface area contributed by atoms with Crippen LogP contribution in [0.4, 0.5) is 24.5 Å². The zero-order valence-electron chi connectivity index (χ0n) is 21.1. The maximum Gasteiger partial charge on any atom is 0.416 e. The summed E-state index contributed by atoms with van der Waals surface area (Å²) in [5, 5.41) is 14.6. The number of carbonyl (C=O) groups is 2. The number of nitrogens with zero attached hydrogens (tertiary/aromatic N) is 1. The van der Waals surface area contributed by atoms with Crippen molar-refractivity contribution >= 4 is 51.9 Å². The third kappa shape index (κ3) is 7.97. The van der Waals surface area contributed by atoms with Gasteiger partial charge in [0.25, 0.3) is 11.8 Å². The molecule has 0 saturated heterocycles. The molecule has 0 aromatic heterocycles. The van der Waals surface area contributed by atoms with Crippen LogP contribution in [0.15, 0.2) is 60.2 Å². The molecule has 202 valence electrons. The smallest absolute Gasteiger partial charge is 0.416 e. The number of methoxy groups -OCH3 is 1. The minimum Gasteiger partial charge on any atom is -0.493 e. The lowest BCUT2D eigenvalue weighted by Crippen LogP contribution is -2.21. The summed E-state index contributed by atoms with van der Waals surface area (Å²) in [5.41, 5.74) is 1.68. The average Bonchev–Trinajstić information content (AvgIpc) is 2.87. The molecule has 2 amide bonds. The van der Waals surface area contributed by atoms with Crippen LogP contribution in [0.3, 0.4) is 0 Å². The number of nitrogens with one attached hydrogen (secondary N) is 2. The molecular weight excluding hydrogens is 626 g/mol. The molecule has 0 heterocycles. The molecule has 0 aliphatic rings. The standard InChI is InChI=1S/C28H23F3IN3O4/c1-16-7-8-23(17(2)9-16)35-25(36)15-39-26-22(32)11-18(12-24(26)38-3)10-19(14-33)27(37)34-21-6-4-5-20(13-21)28(29,30)31/h4-13H,15H2,1-3H3,(H,34,37)(H,35,36)/b19-10+. The van der Waals surface area contributed by atoms with Crippen molar-refractivity contribution in [2.45, 2.75) is 20.0 Å². The first-order valence-electron chi connectivity index (χ1n) is 11.4. The van der Waals surface area contributed by atoms with E-state index in [4.69, 9.17) is 9.47 Å². The van der Waals surface area contributed by atoms with Gasteiger partial charge in [-0.1, -0.05) is 23.8 Å². The Morgan fingerprint density at radius 2 is 1.82 bits per heavy atom. The maximum atomic E-state index is 13.0. The molecule has 0 aliphatic heterocycles. The summed E-state index contributed by atoms with van der Waals surface area (Å²) in [7, 11) is 1.40. The number of halogens is 4. The lowest BCUT2D eigenvalue weighted by molar-refractivity contribution is -0.137. The Labute approximate surface area is 236 Å². The fourth-order valence-electron chi connectivity index (χ4n) is 3.53. The van der Waals surface area contributed by atoms with Gasteiger partial charge in [0.2, 0.25) is 0 Å². The van der Waals surface area contributed by atoms with Crippen LogP contribution in [0.25, 0.3) is 6.08 Å². The molecular formula is C28H23F3IN3O4. The summed E-state index contributed by atoms with van der Waals surface area (Å²) >= 11 is 1.96. The van der Waals surface area contributed by atoms with Crippen LogP contribution in [0.1, 0.15) is 22.3 Å². The molecule has 3 aromatic rings. The molecule has 0 saturated carbocycles. The quantitative estimate of drug-likeness (QED) is 0.165. The summed E-state index contributed by atoms with van der Waals surface area (Å²) in [5.74, 6) is -0.711. The highest BCUT2D eigenvalue weighted by Crippen LogP contribution is 2.35. The highest BCUT2D eigenvalue weighted by molar-refractivity contribution is 14.1. The van der Waals surface area contributed by atoms with Crippen molar-refractivity contribution < 1.29 is 32.2 Å². The number of amides is 2. The fraction of sp³-hybridized carbons (Fsp3) is 0.179. The second-order valence-corrected chi connectivity index (χ2v) is 9.55. The number of ether oxygens (including phenoxy) is 2. The van der Waals surface area contributed by atoms with Gasteiger partial charge in [-0.3, -0.25) is 9.59 Å². The van der Waals surface area contributed by atoms with Gasteiger partial charge in [-0.2, -0.15) is 18.4 Å². The van der Waals surface area contributed by atoms with Crippen molar-refractivity contribution in [2.75, 3.05) is 24.4 Å². The molecule has 7 nitrogen and oxygen atoms in total. The molecule has 11 heteroatoms. The first kappa shape index (κ1) is 29.5. The highest BCUT2D eigenvalue weighted by atomic mass is 127. The van der Waals surface area contributed by atoms with Crippen LogP contribution >= 0.6 is 22.6 Å². The molecule has 0 unspecified atom stereocenters. The number of carbonyl (C=O) groups excluding carboxylic acids is 2. The molecule has 0 spiro atoms. The van der Waals surface area contributed by atoms with E-state index in [1.54, 1.807) is 12.1 Å². The Morgan fingerprint density at radius 1 is 1.08 bits per heavy atom. The van der Waals surface area contributed by atoms with Crippen molar-refractivity contribution in [1.29, 1.82) is 5.26 Å². The van der Waals surface area contributed by atoms with E-state index in [0.717, 1.165) is 29.3 Å². The van der Waals surface area contributed by atoms with Gasteiger partial charge >= 0.3 is 6.18 Å². The Balaban J connectivity index is 1.75. The van der Waals surface area contributed by atoms with Crippen LogP contribution in [-0.4, -0.2) is 25.5 Å². The number of nitriles is 1. The van der Waals surface area contributed by atoms with Crippen molar-refractivity contribution in [3.63, 3.8) is 0 Å². The van der Waals surface area contributed by atoms with Crippen molar-refractivity contribution in [1.82, 2.24) is 0 Å².